The van der Waals surface area contributed by atoms with Gasteiger partial charge in [-0.25, -0.2) is 14.4 Å². The SMILES string of the molecule is COc1cc2ncnc(Nc3ccc(OCc4cccc(F)c4)c(Cl)c3)c2cc1NC(=O)C(C[SH]=C(C)O)C[SH]=C(C)O. The number of aromatic nitrogens is 2. The molecule has 4 rings (SSSR count). The number of thiol groups is 2. The van der Waals surface area contributed by atoms with Gasteiger partial charge in [-0.15, -0.1) is 0 Å². The number of nitrogens with zero attached hydrogens (tertiary/aromatic N) is 2. The number of carbonyl (C=O) groups excluding carboxylic acids is 1. The van der Waals surface area contributed by atoms with Crippen LogP contribution in [0.25, 0.3) is 10.9 Å². The molecule has 3 aromatic carbocycles. The Morgan fingerprint density at radius 2 is 1.77 bits per heavy atom. The van der Waals surface area contributed by atoms with E-state index < -0.39 is 5.92 Å². The Morgan fingerprint density at radius 1 is 1.02 bits per heavy atom. The summed E-state index contributed by atoms with van der Waals surface area (Å²) in [6.07, 6.45) is 1.41. The molecule has 0 aliphatic rings. The van der Waals surface area contributed by atoms with E-state index in [9.17, 15) is 19.4 Å². The van der Waals surface area contributed by atoms with Gasteiger partial charge < -0.3 is 30.3 Å². The molecule has 43 heavy (non-hydrogen) atoms. The Balaban J connectivity index is 1.57. The van der Waals surface area contributed by atoms with Crippen LogP contribution in [0.3, 0.4) is 0 Å². The van der Waals surface area contributed by atoms with Gasteiger partial charge in [0.25, 0.3) is 0 Å². The molecule has 1 aromatic heterocycles. The Kier molecular flexibility index (Phi) is 11.5. The first-order valence-electron chi connectivity index (χ1n) is 13.1. The summed E-state index contributed by atoms with van der Waals surface area (Å²) in [4.78, 5) is 22.1. The van der Waals surface area contributed by atoms with E-state index in [-0.39, 0.29) is 28.4 Å². The Hall–Kier alpha value is -3.55. The molecule has 0 saturated carbocycles. The van der Waals surface area contributed by atoms with Gasteiger partial charge in [0.2, 0.25) is 5.91 Å². The molecule has 0 aliphatic carbocycles. The smallest absolute Gasteiger partial charge is 0.229 e. The second kappa shape index (κ2) is 15.3. The number of methoxy groups -OCH3 is 1. The van der Waals surface area contributed by atoms with Crippen molar-refractivity contribution in [2.24, 2.45) is 5.92 Å². The molecular weight excluding hydrogens is 615 g/mol. The number of anilines is 3. The van der Waals surface area contributed by atoms with Gasteiger partial charge in [0.1, 0.15) is 36.1 Å². The third-order valence-corrected chi connectivity index (χ3v) is 8.60. The number of hydrogen-bond acceptors (Lipinski definition) is 6. The van der Waals surface area contributed by atoms with Crippen LogP contribution in [0.2, 0.25) is 5.02 Å². The maximum Gasteiger partial charge on any atom is 0.229 e. The van der Waals surface area contributed by atoms with Crippen LogP contribution < -0.4 is 20.1 Å². The van der Waals surface area contributed by atoms with Crippen molar-refractivity contribution >= 4 is 78.4 Å². The van der Waals surface area contributed by atoms with Crippen molar-refractivity contribution in [3.05, 3.63) is 77.3 Å². The number of rotatable bonds is 12. The highest BCUT2D eigenvalue weighted by molar-refractivity contribution is 7.99. The van der Waals surface area contributed by atoms with Gasteiger partial charge in [-0.3, -0.25) is 4.79 Å². The van der Waals surface area contributed by atoms with Crippen LogP contribution >= 0.6 is 34.3 Å². The second-order valence-corrected chi connectivity index (χ2v) is 12.5. The minimum atomic E-state index is -0.471. The zero-order valence-corrected chi connectivity index (χ0v) is 26.2. The van der Waals surface area contributed by atoms with Crippen molar-refractivity contribution in [1.29, 1.82) is 0 Å². The molecule has 13 heteroatoms. The molecule has 0 atom stereocenters. The second-order valence-electron chi connectivity index (χ2n) is 9.44. The fraction of sp³-hybridized carbons (Fsp3) is 0.233. The fourth-order valence-electron chi connectivity index (χ4n) is 4.01. The highest BCUT2D eigenvalue weighted by Crippen LogP contribution is 2.35. The van der Waals surface area contributed by atoms with E-state index in [1.807, 2.05) is 0 Å². The lowest BCUT2D eigenvalue weighted by molar-refractivity contribution is -0.118. The highest BCUT2D eigenvalue weighted by atomic mass is 35.5. The lowest BCUT2D eigenvalue weighted by Crippen LogP contribution is -2.26. The summed E-state index contributed by atoms with van der Waals surface area (Å²) in [5, 5.41) is 26.9. The molecule has 4 N–H and O–H groups in total. The summed E-state index contributed by atoms with van der Waals surface area (Å²) < 4.78 is 24.8. The minimum Gasteiger partial charge on any atom is -0.494 e. The maximum atomic E-state index is 13.5. The van der Waals surface area contributed by atoms with Crippen LogP contribution in [0.5, 0.6) is 11.5 Å². The first-order chi connectivity index (χ1) is 20.6. The quantitative estimate of drug-likeness (QED) is 0.0746. The molecule has 0 bridgehead atoms. The Labute approximate surface area is 261 Å². The van der Waals surface area contributed by atoms with E-state index in [2.05, 4.69) is 20.6 Å². The number of ether oxygens (including phenoxy) is 2. The molecule has 9 nitrogen and oxygen atoms in total. The normalized spacial score (nSPS) is 13.0. The van der Waals surface area contributed by atoms with Gasteiger partial charge in [0.05, 0.1) is 39.4 Å². The van der Waals surface area contributed by atoms with E-state index >= 15 is 0 Å². The number of carbonyl (C=O) groups is 1. The van der Waals surface area contributed by atoms with E-state index in [1.54, 1.807) is 56.3 Å². The topological polar surface area (TPSA) is 126 Å². The van der Waals surface area contributed by atoms with Crippen molar-refractivity contribution in [3.63, 3.8) is 0 Å². The predicted octanol–water partition coefficient (Wildman–Crippen LogP) is 6.65. The van der Waals surface area contributed by atoms with Crippen molar-refractivity contribution < 1.29 is 28.9 Å². The summed E-state index contributed by atoms with van der Waals surface area (Å²) in [5.74, 6) is 1.03. The van der Waals surface area contributed by atoms with Gasteiger partial charge in [0, 0.05) is 17.1 Å². The average molecular weight is 647 g/mol. The molecule has 0 aliphatic heterocycles. The van der Waals surface area contributed by atoms with E-state index in [1.165, 1.54) is 25.6 Å². The maximum absolute atomic E-state index is 13.5. The van der Waals surface area contributed by atoms with Gasteiger partial charge in [-0.1, -0.05) is 23.7 Å². The van der Waals surface area contributed by atoms with Crippen molar-refractivity contribution in [3.8, 4) is 11.5 Å². The molecule has 1 heterocycles. The summed E-state index contributed by atoms with van der Waals surface area (Å²) in [6.45, 7) is 3.32. The standard InChI is InChI=1S/C30H32ClFN4O5S2/c1-17(37)42-14-20(15-43-18(2)38)30(39)36-26-11-23-25(12-28(26)40-3)33-16-34-29(23)35-22-7-8-27(24(31)10-22)41-13-19-5-4-6-21(32)9-19/h4-12,16,20,37-38,42-43H,13-15H2,1-3H3,(H,36,39)(H,33,34,35). The summed E-state index contributed by atoms with van der Waals surface area (Å²) in [7, 11) is 1.50. The first-order valence-corrected chi connectivity index (χ1v) is 15.6. The van der Waals surface area contributed by atoms with Crippen LogP contribution in [0.4, 0.5) is 21.6 Å². The number of fused-ring (bicyclic) bond motifs is 1. The zero-order chi connectivity index (χ0) is 30.9. The van der Waals surface area contributed by atoms with Crippen LogP contribution in [-0.2, 0) is 11.4 Å². The number of aliphatic hydroxyl groups excluding tert-OH is 2. The third-order valence-electron chi connectivity index (χ3n) is 6.14. The van der Waals surface area contributed by atoms with Crippen molar-refractivity contribution in [1.82, 2.24) is 9.97 Å². The van der Waals surface area contributed by atoms with Crippen molar-refractivity contribution in [2.45, 2.75) is 20.5 Å². The van der Waals surface area contributed by atoms with E-state index in [0.29, 0.717) is 84.4 Å². The average Bonchev–Trinajstić information content (AvgIpc) is 2.96. The third kappa shape index (κ3) is 9.22. The molecule has 0 radical (unpaired) electrons. The number of aliphatic hydroxyl groups is 2. The molecule has 0 spiro atoms. The summed E-state index contributed by atoms with van der Waals surface area (Å²) in [5.41, 5.74) is 2.31. The molecule has 0 fully saturated rings. The lowest BCUT2D eigenvalue weighted by atomic mass is 10.1. The molecule has 228 valence electrons. The lowest BCUT2D eigenvalue weighted by Gasteiger charge is -2.17. The number of nitrogens with one attached hydrogen (secondary N) is 2. The van der Waals surface area contributed by atoms with Crippen LogP contribution in [0.15, 0.2) is 60.9 Å². The van der Waals surface area contributed by atoms with Gasteiger partial charge >= 0.3 is 0 Å². The van der Waals surface area contributed by atoms with E-state index in [4.69, 9.17) is 21.1 Å². The Morgan fingerprint density at radius 3 is 2.42 bits per heavy atom. The van der Waals surface area contributed by atoms with Crippen LogP contribution in [-0.4, -0.2) is 54.8 Å². The molecule has 0 unspecified atom stereocenters. The number of amides is 1. The number of benzene rings is 3. The molecule has 0 saturated heterocycles. The summed E-state index contributed by atoms with van der Waals surface area (Å²) in [6, 6.07) is 14.8. The van der Waals surface area contributed by atoms with Crippen LogP contribution in [0, 0.1) is 11.7 Å². The monoisotopic (exact) mass is 646 g/mol. The highest BCUT2D eigenvalue weighted by Gasteiger charge is 2.20. The van der Waals surface area contributed by atoms with E-state index in [0.717, 1.165) is 0 Å². The zero-order valence-electron chi connectivity index (χ0n) is 23.6. The molecule has 1 amide bonds. The Bertz CT molecular complexity index is 1660. The first kappa shape index (κ1) is 32.4. The molecule has 4 aromatic rings. The largest absolute Gasteiger partial charge is 0.494 e. The predicted molar refractivity (Wildman–Crippen MR) is 178 cm³/mol. The van der Waals surface area contributed by atoms with Gasteiger partial charge in [-0.05, 0) is 67.3 Å². The summed E-state index contributed by atoms with van der Waals surface area (Å²) >= 11 is 7.75. The minimum absolute atomic E-state index is 0.160. The van der Waals surface area contributed by atoms with Crippen molar-refractivity contribution in [2.75, 3.05) is 29.2 Å². The number of hydrogen-bond donors (Lipinski definition) is 6. The molecular formula is C30H32ClFN4O5S2. The van der Waals surface area contributed by atoms with Gasteiger partial charge in [-0.2, -0.15) is 22.7 Å². The fourth-order valence-corrected chi connectivity index (χ4v) is 6.01. The van der Waals surface area contributed by atoms with Gasteiger partial charge in [0.15, 0.2) is 0 Å². The van der Waals surface area contributed by atoms with Crippen LogP contribution in [0.1, 0.15) is 19.4 Å². The number of halogens is 2.